The highest BCUT2D eigenvalue weighted by Crippen LogP contribution is 2.35. The molecule has 1 aliphatic rings. The number of hydrogen-bond donors (Lipinski definition) is 0. The molecule has 0 bridgehead atoms. The van der Waals surface area contributed by atoms with E-state index in [0.717, 1.165) is 16.9 Å². The van der Waals surface area contributed by atoms with E-state index in [9.17, 15) is 4.79 Å². The molecule has 0 spiro atoms. The minimum absolute atomic E-state index is 0.510. The van der Waals surface area contributed by atoms with E-state index >= 15 is 0 Å². The lowest BCUT2D eigenvalue weighted by atomic mass is 9.95. The molecule has 1 aromatic rings. The van der Waals surface area contributed by atoms with Crippen LogP contribution in [0.15, 0.2) is 18.2 Å². The van der Waals surface area contributed by atoms with Crippen molar-refractivity contribution in [2.24, 2.45) is 0 Å². The maximum absolute atomic E-state index is 10.9. The second-order valence-corrected chi connectivity index (χ2v) is 3.02. The van der Waals surface area contributed by atoms with Crippen molar-refractivity contribution in [3.63, 3.8) is 0 Å². The van der Waals surface area contributed by atoms with Crippen molar-refractivity contribution < 1.29 is 19.0 Å². The summed E-state index contributed by atoms with van der Waals surface area (Å²) in [5.74, 6) is 1.24. The molecule has 4 nitrogen and oxygen atoms in total. The van der Waals surface area contributed by atoms with Gasteiger partial charge in [-0.2, -0.15) is 0 Å². The Bertz CT molecular complexity index is 434. The van der Waals surface area contributed by atoms with E-state index < -0.39 is 6.16 Å². The van der Waals surface area contributed by atoms with Gasteiger partial charge in [0.25, 0.3) is 0 Å². The molecule has 0 radical (unpaired) electrons. The fraction of sp³-hybridized carbons (Fsp3) is 0.182. The van der Waals surface area contributed by atoms with E-state index in [0.29, 0.717) is 5.76 Å². The van der Waals surface area contributed by atoms with E-state index in [-0.39, 0.29) is 0 Å². The van der Waals surface area contributed by atoms with Gasteiger partial charge < -0.3 is 14.2 Å². The quantitative estimate of drug-likeness (QED) is 0.696. The van der Waals surface area contributed by atoms with Crippen LogP contribution in [0.5, 0.6) is 5.75 Å². The van der Waals surface area contributed by atoms with Crippen LogP contribution in [0.3, 0.4) is 0 Å². The number of hydrogen-bond acceptors (Lipinski definition) is 4. The molecule has 1 aromatic carbocycles. The number of fused-ring (bicyclic) bond motifs is 1. The molecule has 0 aliphatic heterocycles. The first-order valence-corrected chi connectivity index (χ1v) is 4.40. The van der Waals surface area contributed by atoms with Gasteiger partial charge in [0.2, 0.25) is 0 Å². The summed E-state index contributed by atoms with van der Waals surface area (Å²) in [5.41, 5.74) is 1.88. The highest BCUT2D eigenvalue weighted by Gasteiger charge is 2.21. The molecular formula is C11H10O4. The number of carbonyl (C=O) groups is 1. The summed E-state index contributed by atoms with van der Waals surface area (Å²) in [6.45, 7) is 0. The van der Waals surface area contributed by atoms with Crippen LogP contribution in [-0.2, 0) is 9.47 Å². The van der Waals surface area contributed by atoms with Crippen molar-refractivity contribution in [1.29, 1.82) is 0 Å². The Morgan fingerprint density at radius 2 is 2.07 bits per heavy atom. The number of benzene rings is 1. The molecule has 78 valence electrons. The molecule has 0 amide bonds. The van der Waals surface area contributed by atoms with Crippen LogP contribution in [0, 0.1) is 0 Å². The maximum Gasteiger partial charge on any atom is 0.513 e. The van der Waals surface area contributed by atoms with E-state index in [1.165, 1.54) is 7.11 Å². The Morgan fingerprint density at radius 3 is 2.73 bits per heavy atom. The molecule has 0 unspecified atom stereocenters. The number of ether oxygens (including phenoxy) is 3. The van der Waals surface area contributed by atoms with Crippen LogP contribution in [0.2, 0.25) is 0 Å². The van der Waals surface area contributed by atoms with Gasteiger partial charge in [-0.15, -0.1) is 0 Å². The minimum atomic E-state index is -0.713. The van der Waals surface area contributed by atoms with Gasteiger partial charge in [0.05, 0.1) is 14.2 Å². The predicted molar refractivity (Wildman–Crippen MR) is 54.4 cm³/mol. The standard InChI is InChI=1S/C11H10O4/c1-13-8-4-3-7-5-10(9(7)6-8)15-11(12)14-2/h3-6H,1-2H3. The lowest BCUT2D eigenvalue weighted by Gasteiger charge is -2.19. The van der Waals surface area contributed by atoms with E-state index in [1.807, 2.05) is 18.2 Å². The molecule has 0 saturated heterocycles. The van der Waals surface area contributed by atoms with Crippen molar-refractivity contribution in [2.75, 3.05) is 14.2 Å². The zero-order valence-corrected chi connectivity index (χ0v) is 8.44. The highest BCUT2D eigenvalue weighted by atomic mass is 16.7. The number of carbonyl (C=O) groups excluding carboxylic acids is 1. The molecular weight excluding hydrogens is 196 g/mol. The molecule has 15 heavy (non-hydrogen) atoms. The van der Waals surface area contributed by atoms with E-state index in [1.54, 1.807) is 13.2 Å². The van der Waals surface area contributed by atoms with Crippen LogP contribution in [0.4, 0.5) is 4.79 Å². The Kier molecular flexibility index (Phi) is 2.33. The van der Waals surface area contributed by atoms with Crippen molar-refractivity contribution in [1.82, 2.24) is 0 Å². The Labute approximate surface area is 87.1 Å². The summed E-state index contributed by atoms with van der Waals surface area (Å²) in [7, 11) is 2.86. The first-order chi connectivity index (χ1) is 7.24. The van der Waals surface area contributed by atoms with Crippen LogP contribution >= 0.6 is 0 Å². The summed E-state index contributed by atoms with van der Waals surface area (Å²) in [6, 6.07) is 5.57. The molecule has 0 heterocycles. The molecule has 0 N–H and O–H groups in total. The Balaban J connectivity index is 2.16. The molecule has 0 saturated carbocycles. The summed E-state index contributed by atoms with van der Waals surface area (Å²) < 4.78 is 14.4. The average molecular weight is 206 g/mol. The first kappa shape index (κ1) is 9.58. The normalized spacial score (nSPS) is 12.0. The minimum Gasteiger partial charge on any atom is -0.497 e. The Morgan fingerprint density at radius 1 is 1.27 bits per heavy atom. The molecule has 4 heteroatoms. The van der Waals surface area contributed by atoms with Crippen LogP contribution in [-0.4, -0.2) is 20.4 Å². The first-order valence-electron chi connectivity index (χ1n) is 4.40. The average Bonchev–Trinajstić information content (AvgIpc) is 2.25. The van der Waals surface area contributed by atoms with Gasteiger partial charge in [-0.25, -0.2) is 4.79 Å². The topological polar surface area (TPSA) is 44.8 Å². The van der Waals surface area contributed by atoms with Gasteiger partial charge in [-0.1, -0.05) is 6.07 Å². The van der Waals surface area contributed by atoms with Crippen molar-refractivity contribution in [3.05, 3.63) is 29.3 Å². The lowest BCUT2D eigenvalue weighted by Crippen LogP contribution is -2.09. The maximum atomic E-state index is 10.9. The van der Waals surface area contributed by atoms with Crippen molar-refractivity contribution in [2.45, 2.75) is 0 Å². The molecule has 0 fully saturated rings. The second-order valence-electron chi connectivity index (χ2n) is 3.02. The fourth-order valence-corrected chi connectivity index (χ4v) is 1.36. The second kappa shape index (κ2) is 3.65. The smallest absolute Gasteiger partial charge is 0.497 e. The lowest BCUT2D eigenvalue weighted by molar-refractivity contribution is 0.112. The monoisotopic (exact) mass is 206 g/mol. The van der Waals surface area contributed by atoms with Crippen molar-refractivity contribution in [3.8, 4) is 5.75 Å². The summed E-state index contributed by atoms with van der Waals surface area (Å²) in [4.78, 5) is 10.9. The summed E-state index contributed by atoms with van der Waals surface area (Å²) in [6.07, 6.45) is 1.06. The van der Waals surface area contributed by atoms with Gasteiger partial charge >= 0.3 is 6.16 Å². The third kappa shape index (κ3) is 1.66. The van der Waals surface area contributed by atoms with Crippen LogP contribution < -0.4 is 4.74 Å². The Hall–Kier alpha value is -1.97. The van der Waals surface area contributed by atoms with E-state index in [4.69, 9.17) is 9.47 Å². The van der Waals surface area contributed by atoms with E-state index in [2.05, 4.69) is 4.74 Å². The molecule has 1 aliphatic carbocycles. The predicted octanol–water partition coefficient (Wildman–Crippen LogP) is 2.29. The van der Waals surface area contributed by atoms with Crippen molar-refractivity contribution >= 4 is 18.0 Å². The fourth-order valence-electron chi connectivity index (χ4n) is 1.36. The third-order valence-electron chi connectivity index (χ3n) is 2.17. The van der Waals surface area contributed by atoms with Gasteiger partial charge in [0.15, 0.2) is 0 Å². The largest absolute Gasteiger partial charge is 0.513 e. The van der Waals surface area contributed by atoms with Crippen LogP contribution in [0.1, 0.15) is 11.1 Å². The summed E-state index contributed by atoms with van der Waals surface area (Å²) >= 11 is 0. The zero-order chi connectivity index (χ0) is 10.8. The highest BCUT2D eigenvalue weighted by molar-refractivity contribution is 5.95. The molecule has 2 rings (SSSR count). The third-order valence-corrected chi connectivity index (χ3v) is 2.17. The summed E-state index contributed by atoms with van der Waals surface area (Å²) in [5, 5.41) is 0. The SMILES string of the molecule is COC(=O)OC1=Cc2ccc(OC)cc21. The van der Waals surface area contributed by atoms with Gasteiger partial charge in [0, 0.05) is 5.56 Å². The number of methoxy groups -OCH3 is 2. The van der Waals surface area contributed by atoms with Gasteiger partial charge in [0.1, 0.15) is 11.5 Å². The van der Waals surface area contributed by atoms with Gasteiger partial charge in [-0.05, 0) is 23.8 Å². The molecule has 0 atom stereocenters. The van der Waals surface area contributed by atoms with Crippen LogP contribution in [0.25, 0.3) is 11.8 Å². The van der Waals surface area contributed by atoms with Gasteiger partial charge in [-0.3, -0.25) is 0 Å². The zero-order valence-electron chi connectivity index (χ0n) is 8.44. The molecule has 0 aromatic heterocycles. The number of rotatable bonds is 2.